The zero-order valence-electron chi connectivity index (χ0n) is 10.9. The van der Waals surface area contributed by atoms with E-state index < -0.39 is 43.1 Å². The number of aliphatic hydroxyl groups excluding tert-OH is 4. The molecule has 1 aliphatic heterocycles. The monoisotopic (exact) mass is 292 g/mol. The van der Waals surface area contributed by atoms with Crippen molar-refractivity contribution in [3.05, 3.63) is 0 Å². The third kappa shape index (κ3) is 4.50. The van der Waals surface area contributed by atoms with E-state index in [4.69, 9.17) is 14.9 Å². The molecule has 0 aromatic heterocycles. The molecule has 1 fully saturated rings. The summed E-state index contributed by atoms with van der Waals surface area (Å²) in [6.45, 7) is -0.547. The predicted molar refractivity (Wildman–Crippen MR) is 64.9 cm³/mol. The van der Waals surface area contributed by atoms with Crippen molar-refractivity contribution < 1.29 is 39.9 Å². The smallest absolute Gasteiger partial charge is 0.303 e. The minimum absolute atomic E-state index is 0.0291. The van der Waals surface area contributed by atoms with Crippen molar-refractivity contribution in [2.24, 2.45) is 0 Å². The number of ketones is 1. The van der Waals surface area contributed by atoms with E-state index >= 15 is 0 Å². The van der Waals surface area contributed by atoms with Crippen LogP contribution in [0.25, 0.3) is 0 Å². The maximum absolute atomic E-state index is 11.6. The van der Waals surface area contributed by atoms with Gasteiger partial charge in [0.2, 0.25) is 0 Å². The lowest BCUT2D eigenvalue weighted by atomic mass is 9.92. The van der Waals surface area contributed by atoms with E-state index in [0.717, 1.165) is 0 Å². The number of hydrogen-bond acceptors (Lipinski definition) is 7. The van der Waals surface area contributed by atoms with Crippen LogP contribution in [0, 0.1) is 0 Å². The molecule has 8 heteroatoms. The van der Waals surface area contributed by atoms with Crippen molar-refractivity contribution in [2.75, 3.05) is 6.61 Å². The first-order chi connectivity index (χ1) is 9.36. The van der Waals surface area contributed by atoms with Crippen molar-refractivity contribution in [1.29, 1.82) is 0 Å². The van der Waals surface area contributed by atoms with Crippen LogP contribution in [0.2, 0.25) is 0 Å². The quantitative estimate of drug-likeness (QED) is 0.364. The first-order valence-corrected chi connectivity index (χ1v) is 6.40. The lowest BCUT2D eigenvalue weighted by Crippen LogP contribution is -2.58. The highest BCUT2D eigenvalue weighted by Crippen LogP contribution is 2.23. The van der Waals surface area contributed by atoms with Crippen LogP contribution in [0.3, 0.4) is 0 Å². The van der Waals surface area contributed by atoms with Gasteiger partial charge in [-0.3, -0.25) is 9.59 Å². The van der Waals surface area contributed by atoms with Gasteiger partial charge in [0.25, 0.3) is 0 Å². The zero-order valence-corrected chi connectivity index (χ0v) is 10.9. The third-order valence-corrected chi connectivity index (χ3v) is 3.27. The highest BCUT2D eigenvalue weighted by atomic mass is 16.5. The molecular weight excluding hydrogens is 272 g/mol. The summed E-state index contributed by atoms with van der Waals surface area (Å²) in [7, 11) is 0. The van der Waals surface area contributed by atoms with Gasteiger partial charge < -0.3 is 30.3 Å². The number of Topliss-reactive ketones (excluding diaryl/α,β-unsaturated/α-hetero) is 1. The van der Waals surface area contributed by atoms with Gasteiger partial charge in [0.15, 0.2) is 0 Å². The fourth-order valence-corrected chi connectivity index (χ4v) is 2.11. The van der Waals surface area contributed by atoms with Crippen LogP contribution in [0.1, 0.15) is 25.7 Å². The molecule has 8 nitrogen and oxygen atoms in total. The van der Waals surface area contributed by atoms with E-state index in [1.165, 1.54) is 0 Å². The Kier molecular flexibility index (Phi) is 6.50. The van der Waals surface area contributed by atoms with Crippen LogP contribution < -0.4 is 0 Å². The molecule has 0 aliphatic carbocycles. The maximum Gasteiger partial charge on any atom is 0.303 e. The topological polar surface area (TPSA) is 145 Å². The fraction of sp³-hybridized carbons (Fsp3) is 0.833. The summed E-state index contributed by atoms with van der Waals surface area (Å²) in [5.41, 5.74) is 0. The van der Waals surface area contributed by atoms with Gasteiger partial charge in [-0.1, -0.05) is 0 Å². The molecule has 1 saturated heterocycles. The summed E-state index contributed by atoms with van der Waals surface area (Å²) in [4.78, 5) is 22.0. The average Bonchev–Trinajstić information content (AvgIpc) is 2.39. The van der Waals surface area contributed by atoms with Gasteiger partial charge in [-0.05, 0) is 6.42 Å². The molecule has 0 saturated carbocycles. The Balaban J connectivity index is 2.49. The van der Waals surface area contributed by atoms with Crippen LogP contribution in [-0.2, 0) is 14.3 Å². The lowest BCUT2D eigenvalue weighted by Gasteiger charge is -2.39. The molecule has 0 radical (unpaired) electrons. The summed E-state index contributed by atoms with van der Waals surface area (Å²) in [5.74, 6) is -1.30. The molecular formula is C12H20O8. The molecule has 1 aliphatic rings. The van der Waals surface area contributed by atoms with Crippen LogP contribution in [0.5, 0.6) is 0 Å². The van der Waals surface area contributed by atoms with E-state index in [9.17, 15) is 24.9 Å². The number of ether oxygens (including phenoxy) is 1. The highest BCUT2D eigenvalue weighted by Gasteiger charge is 2.43. The number of carbonyl (C=O) groups excluding carboxylic acids is 1. The van der Waals surface area contributed by atoms with E-state index in [0.29, 0.717) is 0 Å². The second-order valence-electron chi connectivity index (χ2n) is 4.86. The minimum atomic E-state index is -1.50. The Hall–Kier alpha value is -1.06. The number of carboxylic acids is 1. The molecule has 0 aromatic carbocycles. The molecule has 0 spiro atoms. The third-order valence-electron chi connectivity index (χ3n) is 3.27. The largest absolute Gasteiger partial charge is 0.481 e. The van der Waals surface area contributed by atoms with Gasteiger partial charge in [0.1, 0.15) is 30.2 Å². The van der Waals surface area contributed by atoms with Gasteiger partial charge in [0, 0.05) is 19.3 Å². The lowest BCUT2D eigenvalue weighted by molar-refractivity contribution is -0.229. The number of rotatable bonds is 7. The SMILES string of the molecule is O=C(O)CCCC(=O)C[C@@H]1O[C@H](CO)[C@@H](O)[C@H](O)[C@H]1O. The molecule has 5 atom stereocenters. The van der Waals surface area contributed by atoms with Gasteiger partial charge in [-0.25, -0.2) is 0 Å². The fourth-order valence-electron chi connectivity index (χ4n) is 2.11. The number of carbonyl (C=O) groups is 2. The van der Waals surface area contributed by atoms with Gasteiger partial charge in [-0.2, -0.15) is 0 Å². The molecule has 0 aromatic rings. The zero-order chi connectivity index (χ0) is 15.3. The molecule has 116 valence electrons. The standard InChI is InChI=1S/C12H20O8/c13-5-8-11(18)12(19)10(17)7(20-8)4-6(14)2-1-3-9(15)16/h7-8,10-13,17-19H,1-5H2,(H,15,16)/t7-,8+,10-,11+,12+/m0/s1. The van der Waals surface area contributed by atoms with E-state index in [-0.39, 0.29) is 31.5 Å². The second-order valence-corrected chi connectivity index (χ2v) is 4.86. The number of hydrogen-bond donors (Lipinski definition) is 5. The molecule has 0 bridgehead atoms. The maximum atomic E-state index is 11.6. The van der Waals surface area contributed by atoms with Crippen molar-refractivity contribution in [3.63, 3.8) is 0 Å². The van der Waals surface area contributed by atoms with Crippen molar-refractivity contribution in [3.8, 4) is 0 Å². The second kappa shape index (κ2) is 7.65. The molecule has 20 heavy (non-hydrogen) atoms. The summed E-state index contributed by atoms with van der Waals surface area (Å²) < 4.78 is 5.18. The minimum Gasteiger partial charge on any atom is -0.481 e. The normalized spacial score (nSPS) is 33.9. The number of aliphatic hydroxyl groups is 4. The summed E-state index contributed by atoms with van der Waals surface area (Å²) in [5, 5.41) is 46.3. The van der Waals surface area contributed by atoms with Gasteiger partial charge in [0.05, 0.1) is 12.7 Å². The van der Waals surface area contributed by atoms with E-state index in [1.54, 1.807) is 0 Å². The molecule has 1 heterocycles. The van der Waals surface area contributed by atoms with E-state index in [2.05, 4.69) is 0 Å². The summed E-state index contributed by atoms with van der Waals surface area (Å²) in [6, 6.07) is 0. The molecule has 5 N–H and O–H groups in total. The average molecular weight is 292 g/mol. The first kappa shape index (κ1) is 17.0. The number of aliphatic carboxylic acids is 1. The van der Waals surface area contributed by atoms with Gasteiger partial charge >= 0.3 is 5.97 Å². The van der Waals surface area contributed by atoms with Crippen molar-refractivity contribution >= 4 is 11.8 Å². The van der Waals surface area contributed by atoms with Crippen molar-refractivity contribution in [2.45, 2.75) is 56.2 Å². The Morgan fingerprint density at radius 2 is 1.55 bits per heavy atom. The van der Waals surface area contributed by atoms with Crippen molar-refractivity contribution in [1.82, 2.24) is 0 Å². The van der Waals surface area contributed by atoms with Crippen LogP contribution in [0.4, 0.5) is 0 Å². The Bertz CT molecular complexity index is 342. The predicted octanol–water partition coefficient (Wildman–Crippen LogP) is -1.96. The Morgan fingerprint density at radius 1 is 0.950 bits per heavy atom. The molecule has 1 rings (SSSR count). The first-order valence-electron chi connectivity index (χ1n) is 6.40. The summed E-state index contributed by atoms with van der Waals surface area (Å²) in [6.07, 6.45) is -6.57. The number of carboxylic acid groups (broad SMARTS) is 1. The summed E-state index contributed by atoms with van der Waals surface area (Å²) >= 11 is 0. The Morgan fingerprint density at radius 3 is 2.10 bits per heavy atom. The highest BCUT2D eigenvalue weighted by molar-refractivity contribution is 5.79. The molecule has 0 unspecified atom stereocenters. The Labute approximate surface area is 115 Å². The van der Waals surface area contributed by atoms with E-state index in [1.807, 2.05) is 0 Å². The van der Waals surface area contributed by atoms with Crippen LogP contribution in [0.15, 0.2) is 0 Å². The van der Waals surface area contributed by atoms with Gasteiger partial charge in [-0.15, -0.1) is 0 Å². The van der Waals surface area contributed by atoms with Crippen LogP contribution in [-0.4, -0.2) is 74.4 Å². The van der Waals surface area contributed by atoms with Crippen LogP contribution >= 0.6 is 0 Å². The molecule has 0 amide bonds.